The van der Waals surface area contributed by atoms with Crippen LogP contribution in [0.25, 0.3) is 0 Å². The zero-order valence-electron chi connectivity index (χ0n) is 18.3. The fraction of sp³-hybridized carbons (Fsp3) is 0.120. The first-order valence-electron chi connectivity index (χ1n) is 10.4. The fourth-order valence-electron chi connectivity index (χ4n) is 2.72. The van der Waals surface area contributed by atoms with Gasteiger partial charge < -0.3 is 14.8 Å². The highest BCUT2D eigenvalue weighted by atomic mass is 35.5. The molecule has 0 bridgehead atoms. The number of carbonyl (C=O) groups is 3. The molecule has 0 radical (unpaired) electrons. The van der Waals surface area contributed by atoms with Crippen molar-refractivity contribution in [1.82, 2.24) is 10.7 Å². The van der Waals surface area contributed by atoms with Crippen LogP contribution < -0.4 is 20.2 Å². The molecule has 0 saturated heterocycles. The lowest BCUT2D eigenvalue weighted by Gasteiger charge is -2.06. The first-order valence-corrected chi connectivity index (χ1v) is 10.7. The Morgan fingerprint density at radius 1 is 0.882 bits per heavy atom. The molecule has 0 aliphatic rings. The number of amides is 2. The Kier molecular flexibility index (Phi) is 8.76. The molecule has 0 aliphatic heterocycles. The van der Waals surface area contributed by atoms with Gasteiger partial charge in [-0.05, 0) is 85.3 Å². The van der Waals surface area contributed by atoms with Gasteiger partial charge in [0.05, 0.1) is 24.9 Å². The molecule has 0 aliphatic carbocycles. The summed E-state index contributed by atoms with van der Waals surface area (Å²) in [4.78, 5) is 36.1. The number of nitrogens with zero attached hydrogens (tertiary/aromatic N) is 1. The van der Waals surface area contributed by atoms with E-state index in [1.54, 1.807) is 72.8 Å². The molecule has 34 heavy (non-hydrogen) atoms. The Balaban J connectivity index is 1.44. The highest BCUT2D eigenvalue weighted by Crippen LogP contribution is 2.16. The van der Waals surface area contributed by atoms with Crippen LogP contribution in [0.3, 0.4) is 0 Å². The molecule has 0 saturated carbocycles. The molecule has 3 aromatic rings. The van der Waals surface area contributed by atoms with E-state index in [4.69, 9.17) is 21.1 Å². The minimum Gasteiger partial charge on any atom is -0.494 e. The number of ether oxygens (including phenoxy) is 2. The smallest absolute Gasteiger partial charge is 0.343 e. The summed E-state index contributed by atoms with van der Waals surface area (Å²) in [5, 5.41) is 6.86. The van der Waals surface area contributed by atoms with Gasteiger partial charge in [-0.25, -0.2) is 10.2 Å². The van der Waals surface area contributed by atoms with Crippen LogP contribution in [0.1, 0.15) is 33.2 Å². The van der Waals surface area contributed by atoms with Gasteiger partial charge in [0.1, 0.15) is 11.5 Å². The number of esters is 1. The summed E-state index contributed by atoms with van der Waals surface area (Å²) in [5.41, 5.74) is 3.80. The number of carbonyl (C=O) groups excluding carboxylic acids is 3. The predicted molar refractivity (Wildman–Crippen MR) is 129 cm³/mol. The van der Waals surface area contributed by atoms with Crippen molar-refractivity contribution in [2.75, 3.05) is 13.2 Å². The van der Waals surface area contributed by atoms with E-state index >= 15 is 0 Å². The third-order valence-electron chi connectivity index (χ3n) is 4.41. The van der Waals surface area contributed by atoms with E-state index in [0.29, 0.717) is 39.8 Å². The second kappa shape index (κ2) is 12.2. The summed E-state index contributed by atoms with van der Waals surface area (Å²) in [5.74, 6) is -0.327. The third kappa shape index (κ3) is 7.46. The van der Waals surface area contributed by atoms with Crippen LogP contribution in [-0.2, 0) is 4.79 Å². The van der Waals surface area contributed by atoms with Gasteiger partial charge in [0.15, 0.2) is 0 Å². The van der Waals surface area contributed by atoms with Gasteiger partial charge in [0.2, 0.25) is 0 Å². The van der Waals surface area contributed by atoms with E-state index in [0.717, 1.165) is 0 Å². The number of halogens is 1. The summed E-state index contributed by atoms with van der Waals surface area (Å²) in [7, 11) is 0. The Hall–Kier alpha value is -4.17. The molecule has 0 aromatic heterocycles. The van der Waals surface area contributed by atoms with Crippen LogP contribution in [0.15, 0.2) is 77.9 Å². The van der Waals surface area contributed by atoms with Crippen molar-refractivity contribution in [3.8, 4) is 11.5 Å². The van der Waals surface area contributed by atoms with Crippen molar-refractivity contribution < 1.29 is 23.9 Å². The number of hydrazone groups is 1. The molecule has 0 unspecified atom stereocenters. The standard InChI is InChI=1S/C25H22ClN3O5/c1-2-33-21-13-7-19(8-14-21)25(32)34-22-11-3-17(4-12-22)15-28-29-23(30)16-27-24(31)18-5-9-20(26)10-6-18/h3-15H,2,16H2,1H3,(H,27,31)(H,29,30). The summed E-state index contributed by atoms with van der Waals surface area (Å²) < 4.78 is 10.7. The molecule has 3 rings (SSSR count). The first kappa shape index (κ1) is 24.5. The van der Waals surface area contributed by atoms with Crippen LogP contribution in [0.5, 0.6) is 11.5 Å². The Morgan fingerprint density at radius 3 is 2.15 bits per heavy atom. The molecular weight excluding hydrogens is 458 g/mol. The van der Waals surface area contributed by atoms with E-state index in [1.807, 2.05) is 6.92 Å². The Labute approximate surface area is 201 Å². The number of hydrogen-bond donors (Lipinski definition) is 2. The zero-order chi connectivity index (χ0) is 24.3. The van der Waals surface area contributed by atoms with E-state index in [-0.39, 0.29) is 6.54 Å². The molecule has 0 fully saturated rings. The molecule has 0 spiro atoms. The predicted octanol–water partition coefficient (Wildman–Crippen LogP) is 3.84. The molecule has 2 N–H and O–H groups in total. The third-order valence-corrected chi connectivity index (χ3v) is 4.66. The summed E-state index contributed by atoms with van der Waals surface area (Å²) in [6, 6.07) is 19.6. The second-order valence-corrected chi connectivity index (χ2v) is 7.34. The average molecular weight is 480 g/mol. The van der Waals surface area contributed by atoms with Crippen molar-refractivity contribution in [2.45, 2.75) is 6.92 Å². The monoisotopic (exact) mass is 479 g/mol. The lowest BCUT2D eigenvalue weighted by atomic mass is 10.2. The van der Waals surface area contributed by atoms with Crippen LogP contribution in [0.2, 0.25) is 5.02 Å². The molecule has 0 atom stereocenters. The van der Waals surface area contributed by atoms with Gasteiger partial charge in [-0.1, -0.05) is 11.6 Å². The molecule has 8 nitrogen and oxygen atoms in total. The van der Waals surface area contributed by atoms with E-state index in [2.05, 4.69) is 15.8 Å². The Morgan fingerprint density at radius 2 is 1.50 bits per heavy atom. The van der Waals surface area contributed by atoms with Gasteiger partial charge in [-0.15, -0.1) is 0 Å². The topological polar surface area (TPSA) is 106 Å². The van der Waals surface area contributed by atoms with Crippen LogP contribution in [0.4, 0.5) is 0 Å². The fourth-order valence-corrected chi connectivity index (χ4v) is 2.85. The molecule has 2 amide bonds. The van der Waals surface area contributed by atoms with Gasteiger partial charge in [-0.2, -0.15) is 5.10 Å². The van der Waals surface area contributed by atoms with Crippen molar-refractivity contribution >= 4 is 35.6 Å². The van der Waals surface area contributed by atoms with E-state index in [1.165, 1.54) is 6.21 Å². The minimum atomic E-state index is -0.489. The molecule has 9 heteroatoms. The Bertz CT molecular complexity index is 1160. The van der Waals surface area contributed by atoms with E-state index < -0.39 is 17.8 Å². The molecular formula is C25H22ClN3O5. The van der Waals surface area contributed by atoms with Gasteiger partial charge in [0, 0.05) is 10.6 Å². The lowest BCUT2D eigenvalue weighted by molar-refractivity contribution is -0.120. The largest absolute Gasteiger partial charge is 0.494 e. The second-order valence-electron chi connectivity index (χ2n) is 6.90. The number of hydrogen-bond acceptors (Lipinski definition) is 6. The van der Waals surface area contributed by atoms with Gasteiger partial charge >= 0.3 is 5.97 Å². The maximum Gasteiger partial charge on any atom is 0.343 e. The average Bonchev–Trinajstić information content (AvgIpc) is 2.84. The number of nitrogens with one attached hydrogen (secondary N) is 2. The van der Waals surface area contributed by atoms with Crippen molar-refractivity contribution in [3.63, 3.8) is 0 Å². The van der Waals surface area contributed by atoms with Crippen molar-refractivity contribution in [2.24, 2.45) is 5.10 Å². The summed E-state index contributed by atoms with van der Waals surface area (Å²) in [6.07, 6.45) is 1.43. The summed E-state index contributed by atoms with van der Waals surface area (Å²) >= 11 is 5.78. The minimum absolute atomic E-state index is 0.237. The zero-order valence-corrected chi connectivity index (χ0v) is 19.0. The quantitative estimate of drug-likeness (QED) is 0.210. The normalized spacial score (nSPS) is 10.5. The molecule has 174 valence electrons. The SMILES string of the molecule is CCOc1ccc(C(=O)Oc2ccc(C=NNC(=O)CNC(=O)c3ccc(Cl)cc3)cc2)cc1. The van der Waals surface area contributed by atoms with Crippen molar-refractivity contribution in [3.05, 3.63) is 94.5 Å². The highest BCUT2D eigenvalue weighted by molar-refractivity contribution is 6.30. The number of rotatable bonds is 9. The molecule has 3 aromatic carbocycles. The van der Waals surface area contributed by atoms with Gasteiger partial charge in [-0.3, -0.25) is 9.59 Å². The molecule has 0 heterocycles. The number of benzene rings is 3. The first-order chi connectivity index (χ1) is 16.4. The highest BCUT2D eigenvalue weighted by Gasteiger charge is 2.09. The van der Waals surface area contributed by atoms with Crippen LogP contribution >= 0.6 is 11.6 Å². The van der Waals surface area contributed by atoms with Crippen molar-refractivity contribution in [1.29, 1.82) is 0 Å². The maximum atomic E-state index is 12.3. The summed E-state index contributed by atoms with van der Waals surface area (Å²) in [6.45, 7) is 2.19. The van der Waals surface area contributed by atoms with Gasteiger partial charge in [0.25, 0.3) is 11.8 Å². The van der Waals surface area contributed by atoms with Crippen LogP contribution in [-0.4, -0.2) is 37.1 Å². The lowest BCUT2D eigenvalue weighted by Crippen LogP contribution is -2.34. The van der Waals surface area contributed by atoms with Crippen LogP contribution in [0, 0.1) is 0 Å². The maximum absolute atomic E-state index is 12.3. The van der Waals surface area contributed by atoms with E-state index in [9.17, 15) is 14.4 Å².